The number of rotatable bonds is 4. The van der Waals surface area contributed by atoms with Crippen LogP contribution < -0.4 is 11.1 Å². The van der Waals surface area contributed by atoms with Crippen molar-refractivity contribution in [3.63, 3.8) is 0 Å². The van der Waals surface area contributed by atoms with Crippen molar-refractivity contribution in [1.82, 2.24) is 9.97 Å². The minimum atomic E-state index is -0.490. The third-order valence-corrected chi connectivity index (χ3v) is 5.09. The fraction of sp³-hybridized carbons (Fsp3) is 0.0870. The molecule has 8 heteroatoms. The second kappa shape index (κ2) is 7.83. The van der Waals surface area contributed by atoms with Crippen LogP contribution in [0.5, 0.6) is 0 Å². The summed E-state index contributed by atoms with van der Waals surface area (Å²) in [4.78, 5) is 31.7. The number of non-ortho nitro benzene ring substituents is 1. The van der Waals surface area contributed by atoms with E-state index in [1.165, 1.54) is 12.1 Å². The Balaban J connectivity index is 1.68. The Bertz CT molecular complexity index is 1350. The summed E-state index contributed by atoms with van der Waals surface area (Å²) >= 11 is 0. The number of nitro benzene ring substituents is 1. The molecule has 1 aromatic heterocycles. The molecule has 4 aromatic rings. The second-order valence-electron chi connectivity index (χ2n) is 7.24. The number of fused-ring (bicyclic) bond motifs is 1. The number of aromatic nitrogens is 2. The summed E-state index contributed by atoms with van der Waals surface area (Å²) in [5.74, 6) is -0.131. The standard InChI is InChI=1S/C23H19N5O3/c1-13-3-5-16(22(29)26-21-11-18(28(30)31)7-4-14(21)2)10-19(13)15-6-8-20-17(9-15)12-25-23(24)27-20/h3-12H,1-2H3,(H,26,29)(H2,24,25,27). The number of nitrogens with zero attached hydrogens (tertiary/aromatic N) is 3. The third kappa shape index (κ3) is 4.04. The van der Waals surface area contributed by atoms with Crippen LogP contribution in [-0.2, 0) is 0 Å². The van der Waals surface area contributed by atoms with Gasteiger partial charge in [-0.15, -0.1) is 0 Å². The van der Waals surface area contributed by atoms with E-state index in [2.05, 4.69) is 15.3 Å². The van der Waals surface area contributed by atoms with Crippen molar-refractivity contribution in [3.8, 4) is 11.1 Å². The summed E-state index contributed by atoms with van der Waals surface area (Å²) < 4.78 is 0. The zero-order chi connectivity index (χ0) is 22.1. The molecule has 0 aliphatic heterocycles. The molecule has 0 fully saturated rings. The van der Waals surface area contributed by atoms with Crippen molar-refractivity contribution in [3.05, 3.63) is 87.6 Å². The second-order valence-corrected chi connectivity index (χ2v) is 7.24. The molecule has 1 heterocycles. The summed E-state index contributed by atoms with van der Waals surface area (Å²) in [7, 11) is 0. The Labute approximate surface area is 177 Å². The molecule has 8 nitrogen and oxygen atoms in total. The van der Waals surface area contributed by atoms with E-state index in [-0.39, 0.29) is 17.5 Å². The van der Waals surface area contributed by atoms with Gasteiger partial charge in [-0.1, -0.05) is 18.2 Å². The number of carbonyl (C=O) groups is 1. The first-order chi connectivity index (χ1) is 14.8. The minimum absolute atomic E-state index is 0.0792. The van der Waals surface area contributed by atoms with Crippen LogP contribution >= 0.6 is 0 Å². The number of nitrogens with one attached hydrogen (secondary N) is 1. The molecule has 3 N–H and O–H groups in total. The predicted molar refractivity (Wildman–Crippen MR) is 120 cm³/mol. The molecule has 0 bridgehead atoms. The Morgan fingerprint density at radius 2 is 1.81 bits per heavy atom. The van der Waals surface area contributed by atoms with E-state index in [0.717, 1.165) is 33.2 Å². The monoisotopic (exact) mass is 413 g/mol. The van der Waals surface area contributed by atoms with Crippen LogP contribution in [0, 0.1) is 24.0 Å². The van der Waals surface area contributed by atoms with Crippen molar-refractivity contribution in [2.45, 2.75) is 13.8 Å². The van der Waals surface area contributed by atoms with Gasteiger partial charge in [-0.3, -0.25) is 14.9 Å². The van der Waals surface area contributed by atoms with E-state index in [1.54, 1.807) is 31.3 Å². The molecule has 0 spiro atoms. The van der Waals surface area contributed by atoms with Gasteiger partial charge in [-0.05, 0) is 60.4 Å². The maximum absolute atomic E-state index is 12.9. The highest BCUT2D eigenvalue weighted by atomic mass is 16.6. The van der Waals surface area contributed by atoms with E-state index in [0.29, 0.717) is 11.3 Å². The summed E-state index contributed by atoms with van der Waals surface area (Å²) in [5, 5.41) is 14.7. The largest absolute Gasteiger partial charge is 0.368 e. The molecule has 4 rings (SSSR count). The Morgan fingerprint density at radius 1 is 1.03 bits per heavy atom. The molecule has 3 aromatic carbocycles. The van der Waals surface area contributed by atoms with Crippen molar-refractivity contribution < 1.29 is 9.72 Å². The topological polar surface area (TPSA) is 124 Å². The molecule has 1 amide bonds. The summed E-state index contributed by atoms with van der Waals surface area (Å²) in [6, 6.07) is 15.5. The van der Waals surface area contributed by atoms with Crippen molar-refractivity contribution in [1.29, 1.82) is 0 Å². The van der Waals surface area contributed by atoms with Crippen molar-refractivity contribution in [2.75, 3.05) is 11.1 Å². The van der Waals surface area contributed by atoms with E-state index >= 15 is 0 Å². The maximum Gasteiger partial charge on any atom is 0.271 e. The van der Waals surface area contributed by atoms with Gasteiger partial charge in [0.2, 0.25) is 5.95 Å². The number of benzene rings is 3. The molecular weight excluding hydrogens is 394 g/mol. The van der Waals surface area contributed by atoms with Gasteiger partial charge >= 0.3 is 0 Å². The number of carbonyl (C=O) groups excluding carboxylic acids is 1. The molecule has 0 unspecified atom stereocenters. The lowest BCUT2D eigenvalue weighted by molar-refractivity contribution is -0.384. The fourth-order valence-electron chi connectivity index (χ4n) is 3.34. The highest BCUT2D eigenvalue weighted by Gasteiger charge is 2.14. The molecule has 31 heavy (non-hydrogen) atoms. The first-order valence-electron chi connectivity index (χ1n) is 9.51. The first kappa shape index (κ1) is 20.0. The van der Waals surface area contributed by atoms with Gasteiger partial charge in [0.05, 0.1) is 16.1 Å². The zero-order valence-electron chi connectivity index (χ0n) is 16.9. The zero-order valence-corrected chi connectivity index (χ0v) is 16.9. The third-order valence-electron chi connectivity index (χ3n) is 5.09. The van der Waals surface area contributed by atoms with Crippen molar-refractivity contribution in [2.24, 2.45) is 0 Å². The molecule has 0 saturated carbocycles. The SMILES string of the molecule is Cc1ccc([N+](=O)[O-])cc1NC(=O)c1ccc(C)c(-c2ccc3nc(N)ncc3c2)c1. The van der Waals surface area contributed by atoms with Crippen LogP contribution in [0.4, 0.5) is 17.3 Å². The van der Waals surface area contributed by atoms with Gasteiger partial charge in [0.1, 0.15) is 0 Å². The van der Waals surface area contributed by atoms with Gasteiger partial charge < -0.3 is 11.1 Å². The Hall–Kier alpha value is -4.33. The lowest BCUT2D eigenvalue weighted by atomic mass is 9.97. The van der Waals surface area contributed by atoms with Gasteiger partial charge in [0.15, 0.2) is 0 Å². The molecule has 0 saturated heterocycles. The molecule has 0 atom stereocenters. The number of aryl methyl sites for hydroxylation is 2. The Morgan fingerprint density at radius 3 is 2.58 bits per heavy atom. The molecule has 154 valence electrons. The van der Waals surface area contributed by atoms with Crippen LogP contribution in [0.3, 0.4) is 0 Å². The number of amides is 1. The summed E-state index contributed by atoms with van der Waals surface area (Å²) in [5.41, 5.74) is 10.7. The van der Waals surface area contributed by atoms with Crippen molar-refractivity contribution >= 4 is 34.1 Å². The van der Waals surface area contributed by atoms with Gasteiger partial charge in [-0.25, -0.2) is 9.97 Å². The van der Waals surface area contributed by atoms with E-state index in [9.17, 15) is 14.9 Å². The quantitative estimate of drug-likeness (QED) is 0.370. The smallest absolute Gasteiger partial charge is 0.271 e. The van der Waals surface area contributed by atoms with Crippen LogP contribution in [0.2, 0.25) is 0 Å². The number of nitrogens with two attached hydrogens (primary N) is 1. The van der Waals surface area contributed by atoms with Crippen LogP contribution in [0.25, 0.3) is 22.0 Å². The summed E-state index contributed by atoms with van der Waals surface area (Å²) in [6.07, 6.45) is 1.66. The van der Waals surface area contributed by atoms with Crippen LogP contribution in [0.1, 0.15) is 21.5 Å². The van der Waals surface area contributed by atoms with Gasteiger partial charge in [-0.2, -0.15) is 0 Å². The Kier molecular flexibility index (Phi) is 5.04. The lowest BCUT2D eigenvalue weighted by Crippen LogP contribution is -2.13. The number of nitrogen functional groups attached to an aromatic ring is 1. The van der Waals surface area contributed by atoms with E-state index < -0.39 is 4.92 Å². The normalized spacial score (nSPS) is 10.8. The predicted octanol–water partition coefficient (Wildman–Crippen LogP) is 4.66. The highest BCUT2D eigenvalue weighted by molar-refractivity contribution is 6.05. The van der Waals surface area contributed by atoms with E-state index in [4.69, 9.17) is 5.73 Å². The lowest BCUT2D eigenvalue weighted by Gasteiger charge is -2.12. The molecule has 0 aliphatic carbocycles. The fourth-order valence-corrected chi connectivity index (χ4v) is 3.34. The first-order valence-corrected chi connectivity index (χ1v) is 9.51. The highest BCUT2D eigenvalue weighted by Crippen LogP contribution is 2.28. The number of hydrogen-bond acceptors (Lipinski definition) is 6. The summed E-state index contributed by atoms with van der Waals surface area (Å²) in [6.45, 7) is 3.75. The van der Waals surface area contributed by atoms with Gasteiger partial charge in [0.25, 0.3) is 11.6 Å². The average molecular weight is 413 g/mol. The number of anilines is 2. The van der Waals surface area contributed by atoms with E-state index in [1.807, 2.05) is 31.2 Å². The molecular formula is C23H19N5O3. The maximum atomic E-state index is 12.9. The number of hydrogen-bond donors (Lipinski definition) is 2. The molecule has 0 aliphatic rings. The van der Waals surface area contributed by atoms with Crippen LogP contribution in [-0.4, -0.2) is 20.8 Å². The van der Waals surface area contributed by atoms with Crippen LogP contribution in [0.15, 0.2) is 60.8 Å². The minimum Gasteiger partial charge on any atom is -0.368 e. The average Bonchev–Trinajstić information content (AvgIpc) is 2.75. The number of nitro groups is 1. The van der Waals surface area contributed by atoms with Gasteiger partial charge in [0, 0.05) is 29.3 Å². The molecule has 0 radical (unpaired) electrons.